The molecule has 0 radical (unpaired) electrons. The van der Waals surface area contributed by atoms with E-state index in [9.17, 15) is 10.5 Å². The third kappa shape index (κ3) is 6.89. The lowest BCUT2D eigenvalue weighted by molar-refractivity contribution is 1.02. The van der Waals surface area contributed by atoms with Gasteiger partial charge in [-0.25, -0.2) is 0 Å². The lowest BCUT2D eigenvalue weighted by Crippen LogP contribution is -2.16. The number of hydrogen-bond donors (Lipinski definition) is 0. The summed E-state index contributed by atoms with van der Waals surface area (Å²) in [7, 11) is 0. The molecule has 0 fully saturated rings. The molecule has 13 aromatic carbocycles. The van der Waals surface area contributed by atoms with Crippen molar-refractivity contribution in [3.63, 3.8) is 0 Å². The molecule has 0 bridgehead atoms. The van der Waals surface area contributed by atoms with Gasteiger partial charge in [0.15, 0.2) is 0 Å². The van der Waals surface area contributed by atoms with E-state index in [1.54, 1.807) is 11.3 Å². The van der Waals surface area contributed by atoms with E-state index in [-0.39, 0.29) is 0 Å². The van der Waals surface area contributed by atoms with Crippen LogP contribution in [0.4, 0.5) is 0 Å². The molecule has 402 valence electrons. The van der Waals surface area contributed by atoms with E-state index in [1.165, 1.54) is 10.1 Å². The van der Waals surface area contributed by atoms with Crippen LogP contribution in [-0.2, 0) is 0 Å². The molecule has 0 atom stereocenters. The van der Waals surface area contributed by atoms with Gasteiger partial charge in [-0.1, -0.05) is 218 Å². The van der Waals surface area contributed by atoms with Crippen LogP contribution < -0.4 is 0 Å². The molecule has 0 N–H and O–H groups in total. The molecule has 0 saturated heterocycles. The van der Waals surface area contributed by atoms with Gasteiger partial charge >= 0.3 is 0 Å². The molecule has 0 amide bonds. The molecule has 5 heterocycles. The number of thiophene rings is 1. The smallest absolute Gasteiger partial charge is 0.104 e. The van der Waals surface area contributed by atoms with Gasteiger partial charge in [-0.2, -0.15) is 10.5 Å². The van der Waals surface area contributed by atoms with Gasteiger partial charge in [0.2, 0.25) is 0 Å². The molecule has 7 heteroatoms. The summed E-state index contributed by atoms with van der Waals surface area (Å²) < 4.78 is 11.5. The van der Waals surface area contributed by atoms with Gasteiger partial charge in [0.1, 0.15) is 23.3 Å². The van der Waals surface area contributed by atoms with Gasteiger partial charge in [0.05, 0.1) is 66.9 Å². The summed E-state index contributed by atoms with van der Waals surface area (Å²) in [5, 5.41) is 36.6. The second-order valence-electron chi connectivity index (χ2n) is 22.4. The SMILES string of the molecule is N#Cc1c(-n2c3ccccc3c3ccccc32)c(-n2c3ccccc3c3ccccc32)c(C#N)c(-n2c3ccc(-c4c(-c5ccccc5)cccc4-c4ccccc4)cc3c3c4sc5ccccc5c4ccc32)c1-n1c2ccccc2c2ccccc21. The van der Waals surface area contributed by atoms with Crippen LogP contribution in [0.2, 0.25) is 0 Å². The van der Waals surface area contributed by atoms with Crippen LogP contribution in [0.25, 0.3) is 164 Å². The molecule has 0 spiro atoms. The van der Waals surface area contributed by atoms with Crippen LogP contribution in [-0.4, -0.2) is 18.3 Å². The van der Waals surface area contributed by atoms with Crippen molar-refractivity contribution in [1.29, 1.82) is 10.5 Å². The minimum atomic E-state index is 0.411. The van der Waals surface area contributed by atoms with Crippen molar-refractivity contribution in [2.75, 3.05) is 0 Å². The molecule has 0 aliphatic heterocycles. The Labute approximate surface area is 502 Å². The van der Waals surface area contributed by atoms with Crippen molar-refractivity contribution in [2.24, 2.45) is 0 Å². The van der Waals surface area contributed by atoms with Gasteiger partial charge in [0.25, 0.3) is 0 Å². The van der Waals surface area contributed by atoms with Crippen molar-refractivity contribution in [3.8, 4) is 68.3 Å². The fourth-order valence-corrected chi connectivity index (χ4v) is 15.8. The number of aromatic nitrogens is 4. The highest BCUT2D eigenvalue weighted by Gasteiger charge is 2.35. The number of para-hydroxylation sites is 6. The molecule has 0 aliphatic carbocycles. The van der Waals surface area contributed by atoms with Crippen LogP contribution in [0.3, 0.4) is 0 Å². The standard InChI is InChI=1S/C80H46N6S/c81-47-63-76(83-65-35-14-7-26-54(65)55-27-8-15-36-66(55)83)77(84-67-37-16-9-28-56(67)57-29-10-17-38-68(57)84)64(48-82)79(78(63)85-69-39-18-11-30-58(69)59-31-12-19-40-70(59)85)86-71-44-42-51(46-62(71)75-72(86)45-43-61-60-32-13-20-41-73(60)87-80(61)75)74-52(49-22-3-1-4-23-49)33-21-34-53(74)50-24-5-2-6-25-50/h1-46H. The van der Waals surface area contributed by atoms with E-state index >= 15 is 0 Å². The summed E-state index contributed by atoms with van der Waals surface area (Å²) in [6.45, 7) is 0. The van der Waals surface area contributed by atoms with Gasteiger partial charge < -0.3 is 18.3 Å². The first-order chi connectivity index (χ1) is 43.2. The third-order valence-corrected chi connectivity index (χ3v) is 19.3. The van der Waals surface area contributed by atoms with E-state index in [0.29, 0.717) is 33.9 Å². The van der Waals surface area contributed by atoms with Crippen LogP contribution in [0.5, 0.6) is 0 Å². The maximum Gasteiger partial charge on any atom is 0.104 e. The van der Waals surface area contributed by atoms with Crippen LogP contribution in [0, 0.1) is 22.7 Å². The molecule has 18 rings (SSSR count). The summed E-state index contributed by atoms with van der Waals surface area (Å²) in [4.78, 5) is 0. The second kappa shape index (κ2) is 18.9. The quantitative estimate of drug-likeness (QED) is 0.160. The van der Waals surface area contributed by atoms with Crippen molar-refractivity contribution in [1.82, 2.24) is 18.3 Å². The Bertz CT molecular complexity index is 5820. The summed E-state index contributed by atoms with van der Waals surface area (Å²) in [5.74, 6) is 0. The monoisotopic (exact) mass is 1120 g/mol. The average Bonchev–Trinajstić information content (AvgIpc) is 1.64. The highest BCUT2D eigenvalue weighted by Crippen LogP contribution is 2.52. The Morgan fingerprint density at radius 2 is 0.609 bits per heavy atom. The number of fused-ring (bicyclic) bond motifs is 16. The van der Waals surface area contributed by atoms with E-state index in [4.69, 9.17) is 0 Å². The molecule has 18 aromatic rings. The van der Waals surface area contributed by atoms with Crippen LogP contribution in [0.15, 0.2) is 279 Å². The topological polar surface area (TPSA) is 67.3 Å². The zero-order chi connectivity index (χ0) is 57.4. The lowest BCUT2D eigenvalue weighted by atomic mass is 9.87. The predicted molar refractivity (Wildman–Crippen MR) is 362 cm³/mol. The Balaban J connectivity index is 1.10. The van der Waals surface area contributed by atoms with Gasteiger partial charge in [-0.05, 0) is 94.0 Å². The second-order valence-corrected chi connectivity index (χ2v) is 23.5. The summed E-state index contributed by atoms with van der Waals surface area (Å²) in [6, 6.07) is 105. The molecular weight excluding hydrogens is 1080 g/mol. The van der Waals surface area contributed by atoms with Gasteiger partial charge in [0, 0.05) is 63.3 Å². The largest absolute Gasteiger partial charge is 0.306 e. The summed E-state index contributed by atoms with van der Waals surface area (Å²) >= 11 is 1.80. The summed E-state index contributed by atoms with van der Waals surface area (Å²) in [6.07, 6.45) is 0. The third-order valence-electron chi connectivity index (χ3n) is 18.0. The first-order valence-electron chi connectivity index (χ1n) is 29.3. The van der Waals surface area contributed by atoms with Gasteiger partial charge in [-0.3, -0.25) is 0 Å². The Morgan fingerprint density at radius 1 is 0.264 bits per heavy atom. The zero-order valence-corrected chi connectivity index (χ0v) is 47.5. The summed E-state index contributed by atoms with van der Waals surface area (Å²) in [5.41, 5.74) is 17.3. The lowest BCUT2D eigenvalue weighted by Gasteiger charge is -2.27. The van der Waals surface area contributed by atoms with Crippen LogP contribution in [0.1, 0.15) is 11.1 Å². The molecule has 0 unspecified atom stereocenters. The molecule has 0 saturated carbocycles. The number of nitrogens with zero attached hydrogens (tertiary/aromatic N) is 6. The first kappa shape index (κ1) is 48.8. The molecule has 87 heavy (non-hydrogen) atoms. The highest BCUT2D eigenvalue weighted by atomic mass is 32.1. The normalized spacial score (nSPS) is 11.9. The number of nitriles is 2. The molecule has 6 nitrogen and oxygen atoms in total. The minimum absolute atomic E-state index is 0.411. The van der Waals surface area contributed by atoms with E-state index in [2.05, 4.69) is 309 Å². The Morgan fingerprint density at radius 3 is 1.02 bits per heavy atom. The van der Waals surface area contributed by atoms with Crippen molar-refractivity contribution in [2.45, 2.75) is 0 Å². The van der Waals surface area contributed by atoms with Crippen LogP contribution >= 0.6 is 11.3 Å². The van der Waals surface area contributed by atoms with Crippen molar-refractivity contribution in [3.05, 3.63) is 290 Å². The predicted octanol–water partition coefficient (Wildman–Crippen LogP) is 21.2. The van der Waals surface area contributed by atoms with E-state index in [1.807, 2.05) is 0 Å². The molecular formula is C80H46N6S. The molecule has 5 aromatic heterocycles. The Kier molecular flexibility index (Phi) is 10.6. The average molecular weight is 1120 g/mol. The van der Waals surface area contributed by atoms with E-state index in [0.717, 1.165) is 131 Å². The van der Waals surface area contributed by atoms with Gasteiger partial charge in [-0.15, -0.1) is 11.3 Å². The number of rotatable bonds is 7. The fourth-order valence-electron chi connectivity index (χ4n) is 14.5. The highest BCUT2D eigenvalue weighted by molar-refractivity contribution is 7.26. The maximum atomic E-state index is 13.0. The zero-order valence-electron chi connectivity index (χ0n) is 46.6. The first-order valence-corrected chi connectivity index (χ1v) is 30.1. The van der Waals surface area contributed by atoms with Crippen molar-refractivity contribution >= 4 is 119 Å². The molecule has 0 aliphatic rings. The minimum Gasteiger partial charge on any atom is -0.306 e. The maximum absolute atomic E-state index is 13.0. The van der Waals surface area contributed by atoms with Crippen molar-refractivity contribution < 1.29 is 0 Å². The van der Waals surface area contributed by atoms with E-state index < -0.39 is 0 Å². The fraction of sp³-hybridized carbons (Fsp3) is 0. The Hall–Kier alpha value is -11.7. The number of hydrogen-bond acceptors (Lipinski definition) is 3. The number of benzene rings is 13.